The predicted molar refractivity (Wildman–Crippen MR) is 264 cm³/mol. The van der Waals surface area contributed by atoms with E-state index in [1.807, 2.05) is 66.7 Å². The van der Waals surface area contributed by atoms with Gasteiger partial charge in [0.05, 0.1) is 11.0 Å². The SMILES string of the molecule is CCC.c1ccc(-c2nc(-c3cccc(-n4c5ccc6ccccc6c5c5cccc(-c6cccc7c6oc6ccccc67)c54)c3)nc(-c3ccc4c(c3)oc3ccccc34)n2)cc1. The first-order chi connectivity index (χ1) is 31.6. The Morgan fingerprint density at radius 1 is 0.406 bits per heavy atom. The Balaban J connectivity index is 0.00000141. The van der Waals surface area contributed by atoms with Crippen LogP contribution in [0.15, 0.2) is 203 Å². The maximum Gasteiger partial charge on any atom is 0.164 e. The van der Waals surface area contributed by atoms with E-state index >= 15 is 0 Å². The van der Waals surface area contributed by atoms with E-state index in [9.17, 15) is 0 Å². The molecule has 4 heterocycles. The van der Waals surface area contributed by atoms with Crippen LogP contribution in [0, 0.1) is 0 Å². The maximum absolute atomic E-state index is 6.65. The van der Waals surface area contributed by atoms with Crippen molar-refractivity contribution in [3.63, 3.8) is 0 Å². The molecule has 64 heavy (non-hydrogen) atoms. The molecule has 13 rings (SSSR count). The van der Waals surface area contributed by atoms with Gasteiger partial charge in [0, 0.05) is 65.8 Å². The molecule has 0 fully saturated rings. The summed E-state index contributed by atoms with van der Waals surface area (Å²) in [6, 6.07) is 67.4. The Bertz CT molecular complexity index is 3910. The smallest absolute Gasteiger partial charge is 0.164 e. The van der Waals surface area contributed by atoms with E-state index in [0.29, 0.717) is 17.5 Å². The third-order valence-corrected chi connectivity index (χ3v) is 12.0. The van der Waals surface area contributed by atoms with E-state index in [-0.39, 0.29) is 0 Å². The average molecular weight is 825 g/mol. The van der Waals surface area contributed by atoms with Crippen LogP contribution in [0.2, 0.25) is 0 Å². The summed E-state index contributed by atoms with van der Waals surface area (Å²) >= 11 is 0. The summed E-state index contributed by atoms with van der Waals surface area (Å²) in [4.78, 5) is 15.4. The summed E-state index contributed by atoms with van der Waals surface area (Å²) in [5.74, 6) is 1.75. The topological polar surface area (TPSA) is 69.9 Å². The van der Waals surface area contributed by atoms with Crippen LogP contribution in [0.3, 0.4) is 0 Å². The van der Waals surface area contributed by atoms with E-state index in [1.54, 1.807) is 0 Å². The van der Waals surface area contributed by atoms with Crippen molar-refractivity contribution in [3.8, 4) is 51.0 Å². The van der Waals surface area contributed by atoms with Gasteiger partial charge in [-0.05, 0) is 53.2 Å². The van der Waals surface area contributed by atoms with Crippen molar-refractivity contribution in [1.29, 1.82) is 0 Å². The van der Waals surface area contributed by atoms with Gasteiger partial charge in [-0.1, -0.05) is 172 Å². The van der Waals surface area contributed by atoms with E-state index in [1.165, 1.54) is 22.6 Å². The van der Waals surface area contributed by atoms with Crippen LogP contribution in [0.1, 0.15) is 20.3 Å². The Morgan fingerprint density at radius 2 is 0.969 bits per heavy atom. The van der Waals surface area contributed by atoms with Gasteiger partial charge in [0.2, 0.25) is 0 Å². The highest BCUT2D eigenvalue weighted by atomic mass is 16.3. The summed E-state index contributed by atoms with van der Waals surface area (Å²) < 4.78 is 15.3. The lowest BCUT2D eigenvalue weighted by molar-refractivity contribution is 0.669. The number of benzene rings is 9. The van der Waals surface area contributed by atoms with Crippen molar-refractivity contribution in [2.45, 2.75) is 20.3 Å². The predicted octanol–water partition coefficient (Wildman–Crippen LogP) is 16.0. The normalized spacial score (nSPS) is 11.7. The van der Waals surface area contributed by atoms with Crippen molar-refractivity contribution >= 4 is 76.5 Å². The molecule has 0 aliphatic carbocycles. The highest BCUT2D eigenvalue weighted by Crippen LogP contribution is 2.44. The van der Waals surface area contributed by atoms with Gasteiger partial charge in [-0.2, -0.15) is 0 Å². The number of rotatable bonds is 5. The lowest BCUT2D eigenvalue weighted by Gasteiger charge is -2.14. The van der Waals surface area contributed by atoms with Gasteiger partial charge in [0.25, 0.3) is 0 Å². The highest BCUT2D eigenvalue weighted by molar-refractivity contribution is 6.24. The average Bonchev–Trinajstić information content (AvgIpc) is 4.04. The zero-order chi connectivity index (χ0) is 42.7. The molecular formula is C58H40N4O2. The van der Waals surface area contributed by atoms with E-state index in [4.69, 9.17) is 23.8 Å². The first-order valence-electron chi connectivity index (χ1n) is 21.8. The minimum Gasteiger partial charge on any atom is -0.456 e. The summed E-state index contributed by atoms with van der Waals surface area (Å²) in [6.45, 7) is 4.25. The van der Waals surface area contributed by atoms with Crippen molar-refractivity contribution in [2.24, 2.45) is 0 Å². The van der Waals surface area contributed by atoms with Gasteiger partial charge in [-0.25, -0.2) is 15.0 Å². The Kier molecular flexibility index (Phi) is 8.90. The molecule has 4 aromatic heterocycles. The van der Waals surface area contributed by atoms with E-state index < -0.39 is 0 Å². The lowest BCUT2D eigenvalue weighted by atomic mass is 9.98. The third-order valence-electron chi connectivity index (χ3n) is 12.0. The quantitative estimate of drug-likeness (QED) is 0.173. The number of fused-ring (bicyclic) bond motifs is 11. The molecule has 0 amide bonds. The summed E-state index contributed by atoms with van der Waals surface area (Å²) in [5.41, 5.74) is 11.3. The van der Waals surface area contributed by atoms with Crippen LogP contribution >= 0.6 is 0 Å². The molecule has 0 radical (unpaired) electrons. The van der Waals surface area contributed by atoms with Crippen LogP contribution in [0.4, 0.5) is 0 Å². The molecule has 0 aliphatic heterocycles. The van der Waals surface area contributed by atoms with Gasteiger partial charge in [-0.15, -0.1) is 0 Å². The second kappa shape index (κ2) is 15.2. The number of furan rings is 2. The number of para-hydroxylation sites is 4. The van der Waals surface area contributed by atoms with Gasteiger partial charge >= 0.3 is 0 Å². The molecule has 0 unspecified atom stereocenters. The molecule has 0 saturated heterocycles. The number of nitrogens with zero attached hydrogens (tertiary/aromatic N) is 4. The van der Waals surface area contributed by atoms with Crippen LogP contribution in [0.5, 0.6) is 0 Å². The van der Waals surface area contributed by atoms with Crippen LogP contribution < -0.4 is 0 Å². The number of hydrogen-bond acceptors (Lipinski definition) is 5. The first-order valence-corrected chi connectivity index (χ1v) is 21.8. The number of aromatic nitrogens is 4. The zero-order valence-electron chi connectivity index (χ0n) is 35.3. The van der Waals surface area contributed by atoms with Crippen molar-refractivity contribution in [2.75, 3.05) is 0 Å². The Labute approximate surface area is 368 Å². The molecule has 0 spiro atoms. The van der Waals surface area contributed by atoms with Crippen LogP contribution in [-0.4, -0.2) is 19.5 Å². The fraction of sp³-hybridized carbons (Fsp3) is 0.0517. The Hall–Kier alpha value is -8.35. The van der Waals surface area contributed by atoms with Gasteiger partial charge < -0.3 is 13.4 Å². The molecule has 0 atom stereocenters. The molecule has 0 saturated carbocycles. The van der Waals surface area contributed by atoms with Crippen molar-refractivity contribution in [1.82, 2.24) is 19.5 Å². The summed E-state index contributed by atoms with van der Waals surface area (Å²) in [7, 11) is 0. The number of hydrogen-bond donors (Lipinski definition) is 0. The van der Waals surface area contributed by atoms with Gasteiger partial charge in [0.1, 0.15) is 22.3 Å². The van der Waals surface area contributed by atoms with Gasteiger partial charge in [0.15, 0.2) is 17.5 Å². The van der Waals surface area contributed by atoms with Crippen molar-refractivity contribution in [3.05, 3.63) is 194 Å². The molecule has 6 nitrogen and oxygen atoms in total. The molecule has 0 bridgehead atoms. The summed E-state index contributed by atoms with van der Waals surface area (Å²) in [5, 5.41) is 9.10. The van der Waals surface area contributed by atoms with Crippen LogP contribution in [-0.2, 0) is 0 Å². The standard InChI is InChI=1S/C55H32N4O2.C3H8/c1-2-14-34(15-3-1)53-56-54(58-55(57-53)36-27-29-41-39-19-6-8-25-47(39)60-49(41)32-36)35-16-10-17-37(31-35)59-46-30-28-33-13-4-5-18-38(33)50(46)45-24-11-21-42(51(45)59)44-23-12-22-43-40-20-7-9-26-48(40)61-52(43)44;1-3-2/h1-32H;3H2,1-2H3. The van der Waals surface area contributed by atoms with E-state index in [2.05, 4.69) is 146 Å². The first kappa shape index (κ1) is 37.4. The molecular weight excluding hydrogens is 785 g/mol. The minimum atomic E-state index is 0.571. The fourth-order valence-electron chi connectivity index (χ4n) is 9.28. The Morgan fingerprint density at radius 3 is 1.75 bits per heavy atom. The molecule has 0 N–H and O–H groups in total. The van der Waals surface area contributed by atoms with Crippen LogP contribution in [0.25, 0.3) is 127 Å². The van der Waals surface area contributed by atoms with Gasteiger partial charge in [-0.3, -0.25) is 0 Å². The highest BCUT2D eigenvalue weighted by Gasteiger charge is 2.22. The monoisotopic (exact) mass is 824 g/mol. The lowest BCUT2D eigenvalue weighted by Crippen LogP contribution is -2.01. The molecule has 0 aliphatic rings. The molecule has 6 heteroatoms. The fourth-order valence-corrected chi connectivity index (χ4v) is 9.28. The molecule has 304 valence electrons. The summed E-state index contributed by atoms with van der Waals surface area (Å²) in [6.07, 6.45) is 1.25. The van der Waals surface area contributed by atoms with E-state index in [0.717, 1.165) is 93.8 Å². The van der Waals surface area contributed by atoms with Crippen molar-refractivity contribution < 1.29 is 8.83 Å². The maximum atomic E-state index is 6.65. The third kappa shape index (κ3) is 6.06. The largest absolute Gasteiger partial charge is 0.456 e. The minimum absolute atomic E-state index is 0.571. The molecule has 9 aromatic carbocycles. The zero-order valence-corrected chi connectivity index (χ0v) is 35.3. The molecule has 13 aromatic rings. The second-order valence-electron chi connectivity index (χ2n) is 16.2. The second-order valence-corrected chi connectivity index (χ2v) is 16.2.